The molecule has 8 heteroatoms. The SMILES string of the molecule is CCOC(=O)C(c1cccc(C=N)c1NC(C)(C)C)N1CC(OCCCCCc2ccc3c(n2)NCCC3)C1. The molecule has 1 unspecified atom stereocenters. The molecule has 3 heterocycles. The van der Waals surface area contributed by atoms with Gasteiger partial charge in [0.1, 0.15) is 11.9 Å². The van der Waals surface area contributed by atoms with Gasteiger partial charge in [0.2, 0.25) is 0 Å². The number of aromatic nitrogens is 1. The van der Waals surface area contributed by atoms with Gasteiger partial charge in [-0.15, -0.1) is 0 Å². The van der Waals surface area contributed by atoms with Gasteiger partial charge in [0.25, 0.3) is 0 Å². The molecule has 8 nitrogen and oxygen atoms in total. The summed E-state index contributed by atoms with van der Waals surface area (Å²) in [5.41, 5.74) is 4.69. The minimum atomic E-state index is -0.534. The Morgan fingerprint density at radius 1 is 1.23 bits per heavy atom. The van der Waals surface area contributed by atoms with Crippen molar-refractivity contribution in [3.8, 4) is 0 Å². The fourth-order valence-corrected chi connectivity index (χ4v) is 5.28. The number of unbranched alkanes of at least 4 members (excludes halogenated alkanes) is 2. The Balaban J connectivity index is 1.27. The van der Waals surface area contributed by atoms with Crippen LogP contribution in [0.25, 0.3) is 0 Å². The van der Waals surface area contributed by atoms with E-state index in [2.05, 4.69) is 48.4 Å². The average Bonchev–Trinajstić information content (AvgIpc) is 2.88. The molecule has 212 valence electrons. The van der Waals surface area contributed by atoms with Gasteiger partial charge < -0.3 is 25.5 Å². The molecule has 0 bridgehead atoms. The van der Waals surface area contributed by atoms with Crippen LogP contribution in [0.2, 0.25) is 0 Å². The molecule has 1 saturated heterocycles. The first kappa shape index (κ1) is 29.0. The number of likely N-dealkylation sites (tertiary alicyclic amines) is 1. The predicted molar refractivity (Wildman–Crippen MR) is 157 cm³/mol. The standard InChI is InChI=1S/C31H45N5O3/c1-5-38-30(37)28(26-14-9-11-23(19-32)27(26)35-31(2,3)4)36-20-25(21-36)39-18-8-6-7-13-24-16-15-22-12-10-17-33-29(22)34-24/h9,11,14-16,19,25,28,32,35H,5-8,10,12-13,17-18,20-21H2,1-4H3,(H,33,34). The van der Waals surface area contributed by atoms with E-state index >= 15 is 0 Å². The number of pyridine rings is 1. The summed E-state index contributed by atoms with van der Waals surface area (Å²) in [5.74, 6) is 0.810. The third-order valence-electron chi connectivity index (χ3n) is 7.21. The lowest BCUT2D eigenvalue weighted by atomic mass is 9.94. The minimum absolute atomic E-state index is 0.111. The van der Waals surface area contributed by atoms with Crippen molar-refractivity contribution in [1.82, 2.24) is 9.88 Å². The molecule has 1 aromatic heterocycles. The van der Waals surface area contributed by atoms with Crippen molar-refractivity contribution in [2.75, 3.05) is 43.5 Å². The molecule has 0 saturated carbocycles. The zero-order chi connectivity index (χ0) is 27.8. The maximum atomic E-state index is 13.1. The van der Waals surface area contributed by atoms with E-state index in [0.29, 0.717) is 19.7 Å². The number of aryl methyl sites for hydroxylation is 2. The zero-order valence-corrected chi connectivity index (χ0v) is 24.0. The van der Waals surface area contributed by atoms with Crippen LogP contribution in [0.1, 0.15) is 81.8 Å². The molecule has 0 spiro atoms. The van der Waals surface area contributed by atoms with Crippen molar-refractivity contribution in [3.05, 3.63) is 52.7 Å². The number of hydrogen-bond acceptors (Lipinski definition) is 8. The van der Waals surface area contributed by atoms with Crippen molar-refractivity contribution in [3.63, 3.8) is 0 Å². The van der Waals surface area contributed by atoms with Crippen molar-refractivity contribution < 1.29 is 14.3 Å². The first-order valence-corrected chi connectivity index (χ1v) is 14.5. The molecule has 2 aromatic rings. The van der Waals surface area contributed by atoms with E-state index in [0.717, 1.165) is 73.6 Å². The van der Waals surface area contributed by atoms with E-state index in [-0.39, 0.29) is 17.6 Å². The highest BCUT2D eigenvalue weighted by Crippen LogP contribution is 2.36. The lowest BCUT2D eigenvalue weighted by molar-refractivity contribution is -0.156. The van der Waals surface area contributed by atoms with E-state index in [1.807, 2.05) is 25.1 Å². The van der Waals surface area contributed by atoms with Crippen molar-refractivity contribution in [2.45, 2.75) is 83.9 Å². The van der Waals surface area contributed by atoms with Crippen LogP contribution in [0.4, 0.5) is 11.5 Å². The predicted octanol–water partition coefficient (Wildman–Crippen LogP) is 5.37. The molecule has 2 aliphatic rings. The highest BCUT2D eigenvalue weighted by atomic mass is 16.5. The van der Waals surface area contributed by atoms with Gasteiger partial charge in [-0.1, -0.05) is 30.7 Å². The number of anilines is 2. The third kappa shape index (κ3) is 7.79. The first-order chi connectivity index (χ1) is 18.8. The van der Waals surface area contributed by atoms with Gasteiger partial charge in [0, 0.05) is 60.5 Å². The van der Waals surface area contributed by atoms with E-state index < -0.39 is 6.04 Å². The van der Waals surface area contributed by atoms with Gasteiger partial charge in [0.05, 0.1) is 12.7 Å². The zero-order valence-electron chi connectivity index (χ0n) is 24.0. The maximum absolute atomic E-state index is 13.1. The Kier molecular flexibility index (Phi) is 9.97. The quantitative estimate of drug-likeness (QED) is 0.180. The number of para-hydroxylation sites is 1. The van der Waals surface area contributed by atoms with Crippen LogP contribution in [0.5, 0.6) is 0 Å². The van der Waals surface area contributed by atoms with Crippen molar-refractivity contribution in [1.29, 1.82) is 5.41 Å². The highest BCUT2D eigenvalue weighted by Gasteiger charge is 2.40. The number of nitrogens with one attached hydrogen (secondary N) is 3. The van der Waals surface area contributed by atoms with Crippen LogP contribution in [0.3, 0.4) is 0 Å². The second-order valence-electron chi connectivity index (χ2n) is 11.6. The van der Waals surface area contributed by atoms with Crippen LogP contribution in [0.15, 0.2) is 30.3 Å². The van der Waals surface area contributed by atoms with Crippen molar-refractivity contribution >= 4 is 23.7 Å². The Labute approximate surface area is 233 Å². The molecule has 4 rings (SSSR count). The molecule has 0 amide bonds. The molecule has 0 radical (unpaired) electrons. The van der Waals surface area contributed by atoms with Crippen LogP contribution < -0.4 is 10.6 Å². The summed E-state index contributed by atoms with van der Waals surface area (Å²) in [6.07, 6.45) is 7.97. The van der Waals surface area contributed by atoms with Crippen molar-refractivity contribution in [2.24, 2.45) is 0 Å². The summed E-state index contributed by atoms with van der Waals surface area (Å²) in [5, 5.41) is 14.8. The van der Waals surface area contributed by atoms with Gasteiger partial charge in [-0.25, -0.2) is 9.78 Å². The molecular weight excluding hydrogens is 490 g/mol. The number of esters is 1. The summed E-state index contributed by atoms with van der Waals surface area (Å²) < 4.78 is 11.6. The Hall–Kier alpha value is -2.97. The molecule has 1 fully saturated rings. The van der Waals surface area contributed by atoms with E-state index in [4.69, 9.17) is 19.9 Å². The lowest BCUT2D eigenvalue weighted by Crippen LogP contribution is -2.55. The normalized spacial score (nSPS) is 16.5. The number of carbonyl (C=O) groups excluding carboxylic acids is 1. The summed E-state index contributed by atoms with van der Waals surface area (Å²) in [6, 6.07) is 9.62. The van der Waals surface area contributed by atoms with E-state index in [1.165, 1.54) is 18.2 Å². The van der Waals surface area contributed by atoms with Gasteiger partial charge in [-0.3, -0.25) is 4.90 Å². The number of carbonyl (C=O) groups is 1. The highest BCUT2D eigenvalue weighted by molar-refractivity contribution is 5.90. The van der Waals surface area contributed by atoms with Gasteiger partial charge in [-0.05, 0) is 71.4 Å². The number of benzene rings is 1. The third-order valence-corrected chi connectivity index (χ3v) is 7.21. The number of ether oxygens (including phenoxy) is 2. The van der Waals surface area contributed by atoms with Gasteiger partial charge in [-0.2, -0.15) is 0 Å². The lowest BCUT2D eigenvalue weighted by Gasteiger charge is -2.43. The minimum Gasteiger partial charge on any atom is -0.465 e. The molecule has 2 aliphatic heterocycles. The van der Waals surface area contributed by atoms with Crippen LogP contribution in [-0.4, -0.2) is 66.6 Å². The number of nitrogens with zero attached hydrogens (tertiary/aromatic N) is 2. The summed E-state index contributed by atoms with van der Waals surface area (Å²) in [4.78, 5) is 20.0. The van der Waals surface area contributed by atoms with Crippen LogP contribution >= 0.6 is 0 Å². The Morgan fingerprint density at radius 3 is 2.79 bits per heavy atom. The molecule has 3 N–H and O–H groups in total. The number of hydrogen-bond donors (Lipinski definition) is 3. The maximum Gasteiger partial charge on any atom is 0.328 e. The monoisotopic (exact) mass is 535 g/mol. The smallest absolute Gasteiger partial charge is 0.328 e. The molecule has 39 heavy (non-hydrogen) atoms. The van der Waals surface area contributed by atoms with Gasteiger partial charge in [0.15, 0.2) is 0 Å². The van der Waals surface area contributed by atoms with E-state index in [9.17, 15) is 4.79 Å². The Morgan fingerprint density at radius 2 is 2.05 bits per heavy atom. The summed E-state index contributed by atoms with van der Waals surface area (Å²) >= 11 is 0. The number of fused-ring (bicyclic) bond motifs is 1. The summed E-state index contributed by atoms with van der Waals surface area (Å²) in [6.45, 7) is 11.5. The fourth-order valence-electron chi connectivity index (χ4n) is 5.28. The van der Waals surface area contributed by atoms with Crippen LogP contribution in [0, 0.1) is 5.41 Å². The summed E-state index contributed by atoms with van der Waals surface area (Å²) in [7, 11) is 0. The van der Waals surface area contributed by atoms with Gasteiger partial charge >= 0.3 is 5.97 Å². The fraction of sp³-hybridized carbons (Fsp3) is 0.581. The first-order valence-electron chi connectivity index (χ1n) is 14.5. The molecule has 1 atom stereocenters. The Bertz CT molecular complexity index is 1120. The molecule has 0 aliphatic carbocycles. The largest absolute Gasteiger partial charge is 0.465 e. The topological polar surface area (TPSA) is 99.6 Å². The average molecular weight is 536 g/mol. The number of rotatable bonds is 13. The molecular formula is C31H45N5O3. The second kappa shape index (κ2) is 13.4. The van der Waals surface area contributed by atoms with Crippen LogP contribution in [-0.2, 0) is 27.1 Å². The van der Waals surface area contributed by atoms with E-state index in [1.54, 1.807) is 0 Å². The molecule has 1 aromatic carbocycles. The second-order valence-corrected chi connectivity index (χ2v) is 11.6.